The largest absolute Gasteiger partial charge is 0.469 e. The van der Waals surface area contributed by atoms with E-state index in [1.54, 1.807) is 33.8 Å². The fourth-order valence-corrected chi connectivity index (χ4v) is 3.92. The lowest BCUT2D eigenvalue weighted by atomic mass is 9.99. The number of nitrogens with zero attached hydrogens (tertiary/aromatic N) is 3. The Labute approximate surface area is 188 Å². The van der Waals surface area contributed by atoms with Crippen LogP contribution in [-0.2, 0) is 25.5 Å². The van der Waals surface area contributed by atoms with Gasteiger partial charge < -0.3 is 14.4 Å². The highest BCUT2D eigenvalue weighted by Gasteiger charge is 2.21. The van der Waals surface area contributed by atoms with E-state index in [1.807, 2.05) is 13.8 Å². The van der Waals surface area contributed by atoms with Gasteiger partial charge in [-0.15, -0.1) is 0 Å². The molecular weight excluding hydrogens is 410 g/mol. The maximum absolute atomic E-state index is 12.4. The lowest BCUT2D eigenvalue weighted by Gasteiger charge is -2.30. The number of aryl methyl sites for hydroxylation is 1. The summed E-state index contributed by atoms with van der Waals surface area (Å²) in [5, 5.41) is 4.57. The molecule has 0 saturated carbocycles. The highest BCUT2D eigenvalue weighted by molar-refractivity contribution is 5.91. The van der Waals surface area contributed by atoms with E-state index in [0.717, 1.165) is 48.6 Å². The fourth-order valence-electron chi connectivity index (χ4n) is 3.92. The number of carbonyl (C=O) groups is 3. The van der Waals surface area contributed by atoms with Crippen LogP contribution in [-0.4, -0.2) is 59.3 Å². The molecule has 2 aromatic rings. The van der Waals surface area contributed by atoms with Crippen LogP contribution in [0.25, 0.3) is 5.69 Å². The summed E-state index contributed by atoms with van der Waals surface area (Å²) in [4.78, 5) is 37.9. The van der Waals surface area contributed by atoms with Gasteiger partial charge in [-0.1, -0.05) is 6.92 Å². The minimum atomic E-state index is -0.526. The van der Waals surface area contributed by atoms with E-state index in [4.69, 9.17) is 9.47 Å². The lowest BCUT2D eigenvalue weighted by molar-refractivity contribution is -0.140. The first kappa shape index (κ1) is 23.5. The van der Waals surface area contributed by atoms with Gasteiger partial charge in [-0.05, 0) is 68.9 Å². The van der Waals surface area contributed by atoms with E-state index in [2.05, 4.69) is 12.0 Å². The Morgan fingerprint density at radius 3 is 2.38 bits per heavy atom. The van der Waals surface area contributed by atoms with Crippen LogP contribution in [0.3, 0.4) is 0 Å². The SMILES string of the molecule is COC(=O)CCc1c(C)nn(-c2ccc(C(=O)OCC(=O)N3CCC(C)CC3)cc2)c1C. The van der Waals surface area contributed by atoms with Crippen molar-refractivity contribution < 1.29 is 23.9 Å². The number of amides is 1. The Morgan fingerprint density at radius 1 is 1.09 bits per heavy atom. The molecule has 0 N–H and O–H groups in total. The molecule has 0 aliphatic carbocycles. The number of ether oxygens (including phenoxy) is 2. The summed E-state index contributed by atoms with van der Waals surface area (Å²) < 4.78 is 11.7. The van der Waals surface area contributed by atoms with Gasteiger partial charge in [0.15, 0.2) is 6.61 Å². The molecule has 172 valence electrons. The van der Waals surface area contributed by atoms with Crippen LogP contribution < -0.4 is 0 Å². The average molecular weight is 442 g/mol. The topological polar surface area (TPSA) is 90.7 Å². The molecule has 1 saturated heterocycles. The van der Waals surface area contributed by atoms with Crippen LogP contribution in [0.4, 0.5) is 0 Å². The summed E-state index contributed by atoms with van der Waals surface area (Å²) in [5.74, 6) is -0.301. The van der Waals surface area contributed by atoms with Gasteiger partial charge in [0.05, 0.1) is 24.1 Å². The zero-order chi connectivity index (χ0) is 23.3. The molecule has 2 heterocycles. The van der Waals surface area contributed by atoms with E-state index in [-0.39, 0.29) is 18.5 Å². The van der Waals surface area contributed by atoms with Crippen molar-refractivity contribution in [2.45, 2.75) is 46.5 Å². The van der Waals surface area contributed by atoms with Gasteiger partial charge in [-0.2, -0.15) is 5.10 Å². The Balaban J connectivity index is 1.60. The second kappa shape index (κ2) is 10.4. The summed E-state index contributed by atoms with van der Waals surface area (Å²) in [6, 6.07) is 6.90. The standard InChI is InChI=1S/C24H31N3O5/c1-16-11-13-26(14-12-16)22(28)15-32-24(30)19-5-7-20(8-6-19)27-18(3)21(17(2)25-27)9-10-23(29)31-4/h5-8,16H,9-15H2,1-4H3. The van der Waals surface area contributed by atoms with Crippen molar-refractivity contribution in [3.8, 4) is 5.69 Å². The normalized spacial score (nSPS) is 14.3. The van der Waals surface area contributed by atoms with Crippen LogP contribution in [0.15, 0.2) is 24.3 Å². The van der Waals surface area contributed by atoms with Crippen molar-refractivity contribution in [1.82, 2.24) is 14.7 Å². The van der Waals surface area contributed by atoms with E-state index >= 15 is 0 Å². The third kappa shape index (κ3) is 5.55. The Kier molecular flexibility index (Phi) is 7.66. The lowest BCUT2D eigenvalue weighted by Crippen LogP contribution is -2.40. The first-order chi connectivity index (χ1) is 15.3. The molecule has 0 radical (unpaired) electrons. The predicted octanol–water partition coefficient (Wildman–Crippen LogP) is 3.01. The van der Waals surface area contributed by atoms with Crippen LogP contribution in [0.5, 0.6) is 0 Å². The zero-order valence-electron chi connectivity index (χ0n) is 19.2. The summed E-state index contributed by atoms with van der Waals surface area (Å²) in [6.45, 7) is 7.23. The maximum Gasteiger partial charge on any atom is 0.338 e. The van der Waals surface area contributed by atoms with E-state index in [1.165, 1.54) is 7.11 Å². The maximum atomic E-state index is 12.4. The number of hydrogen-bond acceptors (Lipinski definition) is 6. The molecule has 1 amide bonds. The molecule has 0 spiro atoms. The van der Waals surface area contributed by atoms with Gasteiger partial charge in [0.25, 0.3) is 5.91 Å². The minimum absolute atomic E-state index is 0.149. The molecule has 0 unspecified atom stereocenters. The first-order valence-electron chi connectivity index (χ1n) is 11.0. The van der Waals surface area contributed by atoms with Gasteiger partial charge >= 0.3 is 11.9 Å². The molecule has 1 aliphatic rings. The van der Waals surface area contributed by atoms with Crippen LogP contribution in [0.2, 0.25) is 0 Å². The van der Waals surface area contributed by atoms with E-state index in [0.29, 0.717) is 24.3 Å². The molecule has 0 atom stereocenters. The summed E-state index contributed by atoms with van der Waals surface area (Å²) in [6.07, 6.45) is 2.82. The van der Waals surface area contributed by atoms with Crippen LogP contribution in [0.1, 0.15) is 53.5 Å². The number of benzene rings is 1. The molecule has 1 fully saturated rings. The van der Waals surface area contributed by atoms with E-state index < -0.39 is 5.97 Å². The predicted molar refractivity (Wildman–Crippen MR) is 119 cm³/mol. The first-order valence-corrected chi connectivity index (χ1v) is 11.0. The molecular formula is C24H31N3O5. The second-order valence-electron chi connectivity index (χ2n) is 8.32. The molecule has 1 aliphatic heterocycles. The van der Waals surface area contributed by atoms with Crippen molar-refractivity contribution >= 4 is 17.8 Å². The number of likely N-dealkylation sites (tertiary alicyclic amines) is 1. The third-order valence-corrected chi connectivity index (χ3v) is 6.06. The second-order valence-corrected chi connectivity index (χ2v) is 8.32. The quantitative estimate of drug-likeness (QED) is 0.614. The van der Waals surface area contributed by atoms with Crippen molar-refractivity contribution in [3.05, 3.63) is 46.8 Å². The van der Waals surface area contributed by atoms with Gasteiger partial charge in [-0.25, -0.2) is 9.48 Å². The molecule has 1 aromatic heterocycles. The third-order valence-electron chi connectivity index (χ3n) is 6.06. The fraction of sp³-hybridized carbons (Fsp3) is 0.500. The van der Waals surface area contributed by atoms with Gasteiger partial charge in [0.1, 0.15) is 0 Å². The molecule has 8 nitrogen and oxygen atoms in total. The Morgan fingerprint density at radius 2 is 1.75 bits per heavy atom. The van der Waals surface area contributed by atoms with Crippen molar-refractivity contribution in [2.75, 3.05) is 26.8 Å². The van der Waals surface area contributed by atoms with Gasteiger partial charge in [-0.3, -0.25) is 9.59 Å². The number of methoxy groups -OCH3 is 1. The van der Waals surface area contributed by atoms with Gasteiger partial charge in [0.2, 0.25) is 0 Å². The number of rotatable bonds is 7. The highest BCUT2D eigenvalue weighted by atomic mass is 16.5. The average Bonchev–Trinajstić information content (AvgIpc) is 3.09. The van der Waals surface area contributed by atoms with E-state index in [9.17, 15) is 14.4 Å². The summed E-state index contributed by atoms with van der Waals surface area (Å²) >= 11 is 0. The Hall–Kier alpha value is -3.16. The van der Waals surface area contributed by atoms with Crippen molar-refractivity contribution in [3.63, 3.8) is 0 Å². The number of piperidine rings is 1. The van der Waals surface area contributed by atoms with Crippen LogP contribution >= 0.6 is 0 Å². The molecule has 0 bridgehead atoms. The summed E-state index contributed by atoms with van der Waals surface area (Å²) in [5.41, 5.74) is 3.96. The number of hydrogen-bond donors (Lipinski definition) is 0. The van der Waals surface area contributed by atoms with Gasteiger partial charge in [0, 0.05) is 25.2 Å². The smallest absolute Gasteiger partial charge is 0.338 e. The number of aromatic nitrogens is 2. The van der Waals surface area contributed by atoms with Crippen LogP contribution in [0, 0.1) is 19.8 Å². The number of esters is 2. The van der Waals surface area contributed by atoms with Crippen molar-refractivity contribution in [1.29, 1.82) is 0 Å². The molecule has 32 heavy (non-hydrogen) atoms. The highest BCUT2D eigenvalue weighted by Crippen LogP contribution is 2.20. The monoisotopic (exact) mass is 441 g/mol. The number of carbonyl (C=O) groups excluding carboxylic acids is 3. The van der Waals surface area contributed by atoms with Crippen molar-refractivity contribution in [2.24, 2.45) is 5.92 Å². The minimum Gasteiger partial charge on any atom is -0.469 e. The Bertz CT molecular complexity index is 972. The zero-order valence-corrected chi connectivity index (χ0v) is 19.2. The molecule has 8 heteroatoms. The molecule has 1 aromatic carbocycles. The molecule has 3 rings (SSSR count). The summed E-state index contributed by atoms with van der Waals surface area (Å²) in [7, 11) is 1.38.